The van der Waals surface area contributed by atoms with Gasteiger partial charge in [0, 0.05) is 0 Å². The van der Waals surface area contributed by atoms with Gasteiger partial charge in [0.25, 0.3) is 0 Å². The molecule has 42 heavy (non-hydrogen) atoms. The fourth-order valence-electron chi connectivity index (χ4n) is 7.60. The maximum atomic E-state index is 2.61. The van der Waals surface area contributed by atoms with Crippen LogP contribution in [-0.4, -0.2) is 0 Å². The van der Waals surface area contributed by atoms with Crippen molar-refractivity contribution in [2.24, 2.45) is 0 Å². The van der Waals surface area contributed by atoms with Gasteiger partial charge in [-0.25, -0.2) is 0 Å². The molecule has 0 fully saturated rings. The van der Waals surface area contributed by atoms with Crippen LogP contribution in [-0.2, 0) is 34.5 Å². The molecule has 0 amide bonds. The number of benzene rings is 4. The largest absolute Gasteiger partial charge is 0.0619 e. The molecule has 0 spiro atoms. The lowest BCUT2D eigenvalue weighted by Gasteiger charge is -2.36. The Hall–Kier alpha value is -3.12. The molecule has 0 N–H and O–H groups in total. The van der Waals surface area contributed by atoms with E-state index in [1.807, 2.05) is 0 Å². The average molecular weight is 555 g/mol. The Labute approximate surface area is 255 Å². The molecular weight excluding hydrogens is 504 g/mol. The van der Waals surface area contributed by atoms with Gasteiger partial charge >= 0.3 is 0 Å². The SMILES string of the molecule is CC(C)(C)c1cc(C(C)(C)C)c(-c2c(C(C)(C)C)cc(C(C)(C)C)c3c2Cc2ccccc2-3)c2c1-c1ccccc1C2. The van der Waals surface area contributed by atoms with Crippen molar-refractivity contribution in [3.05, 3.63) is 105 Å². The number of hydrogen-bond acceptors (Lipinski definition) is 0. The van der Waals surface area contributed by atoms with Crippen molar-refractivity contribution in [2.75, 3.05) is 0 Å². The summed E-state index contributed by atoms with van der Waals surface area (Å²) in [6, 6.07) is 23.6. The van der Waals surface area contributed by atoms with Gasteiger partial charge in [-0.05, 0) is 112 Å². The quantitative estimate of drug-likeness (QED) is 0.190. The molecule has 0 aliphatic heterocycles. The zero-order valence-electron chi connectivity index (χ0n) is 28.2. The van der Waals surface area contributed by atoms with Crippen LogP contribution in [0.2, 0.25) is 0 Å². The number of rotatable bonds is 1. The van der Waals surface area contributed by atoms with Crippen molar-refractivity contribution >= 4 is 0 Å². The van der Waals surface area contributed by atoms with E-state index in [4.69, 9.17) is 0 Å². The topological polar surface area (TPSA) is 0 Å². The first kappa shape index (κ1) is 29.0. The first-order valence-electron chi connectivity index (χ1n) is 16.0. The Morgan fingerprint density at radius 1 is 0.381 bits per heavy atom. The summed E-state index contributed by atoms with van der Waals surface area (Å²) in [5.74, 6) is 0. The van der Waals surface area contributed by atoms with Crippen LogP contribution in [0.1, 0.15) is 128 Å². The molecule has 0 saturated carbocycles. The van der Waals surface area contributed by atoms with E-state index in [0.717, 1.165) is 12.8 Å². The Balaban J connectivity index is 1.85. The van der Waals surface area contributed by atoms with Crippen molar-refractivity contribution in [1.82, 2.24) is 0 Å². The Morgan fingerprint density at radius 3 is 0.976 bits per heavy atom. The van der Waals surface area contributed by atoms with Crippen molar-refractivity contribution in [1.29, 1.82) is 0 Å². The van der Waals surface area contributed by atoms with E-state index in [2.05, 4.69) is 144 Å². The van der Waals surface area contributed by atoms with E-state index in [1.54, 1.807) is 11.1 Å². The average Bonchev–Trinajstić information content (AvgIpc) is 3.43. The summed E-state index contributed by atoms with van der Waals surface area (Å²) >= 11 is 0. The van der Waals surface area contributed by atoms with Crippen LogP contribution < -0.4 is 0 Å². The van der Waals surface area contributed by atoms with Gasteiger partial charge in [-0.2, -0.15) is 0 Å². The van der Waals surface area contributed by atoms with Crippen LogP contribution in [0.4, 0.5) is 0 Å². The van der Waals surface area contributed by atoms with Gasteiger partial charge in [-0.1, -0.05) is 144 Å². The summed E-state index contributed by atoms with van der Waals surface area (Å²) in [6.07, 6.45) is 2.00. The van der Waals surface area contributed by atoms with E-state index < -0.39 is 0 Å². The molecular formula is C42H50. The van der Waals surface area contributed by atoms with Gasteiger partial charge < -0.3 is 0 Å². The third-order valence-corrected chi connectivity index (χ3v) is 9.65. The molecule has 4 aromatic carbocycles. The highest BCUT2D eigenvalue weighted by atomic mass is 14.4. The first-order chi connectivity index (χ1) is 19.4. The highest BCUT2D eigenvalue weighted by Crippen LogP contribution is 2.56. The molecule has 0 unspecified atom stereocenters. The van der Waals surface area contributed by atoms with Gasteiger partial charge in [0.2, 0.25) is 0 Å². The molecule has 0 aromatic heterocycles. The van der Waals surface area contributed by atoms with Crippen molar-refractivity contribution in [3.8, 4) is 33.4 Å². The second-order valence-corrected chi connectivity index (χ2v) is 17.1. The molecule has 2 aliphatic carbocycles. The summed E-state index contributed by atoms with van der Waals surface area (Å²) < 4.78 is 0. The van der Waals surface area contributed by atoms with E-state index in [9.17, 15) is 0 Å². The number of fused-ring (bicyclic) bond motifs is 6. The molecule has 0 atom stereocenters. The van der Waals surface area contributed by atoms with Crippen LogP contribution in [0, 0.1) is 0 Å². The minimum Gasteiger partial charge on any atom is -0.0619 e. The standard InChI is InChI=1S/C42H50/c1-39(2,3)31-23-33(41(7,8)9)37(29-21-25-17-13-15-19-27(25)35(29)31)38-30-22-26-18-14-16-20-28(26)36(30)32(40(4,5)6)24-34(38)42(10,11)12/h13-20,23-24H,21-22H2,1-12H3. The summed E-state index contributed by atoms with van der Waals surface area (Å²) in [5, 5.41) is 0. The third-order valence-electron chi connectivity index (χ3n) is 9.65. The minimum atomic E-state index is -0.00463. The van der Waals surface area contributed by atoms with Gasteiger partial charge in [0.05, 0.1) is 0 Å². The molecule has 0 bridgehead atoms. The van der Waals surface area contributed by atoms with Crippen LogP contribution in [0.3, 0.4) is 0 Å². The van der Waals surface area contributed by atoms with Gasteiger partial charge in [-0.15, -0.1) is 0 Å². The maximum Gasteiger partial charge on any atom is -0.000707 e. The molecule has 0 heterocycles. The summed E-state index contributed by atoms with van der Waals surface area (Å²) in [4.78, 5) is 0. The van der Waals surface area contributed by atoms with E-state index in [1.165, 1.54) is 66.8 Å². The second kappa shape index (κ2) is 9.19. The van der Waals surface area contributed by atoms with Crippen LogP contribution in [0.25, 0.3) is 33.4 Å². The lowest BCUT2D eigenvalue weighted by molar-refractivity contribution is 0.564. The molecule has 6 rings (SSSR count). The Bertz CT molecular complexity index is 1600. The van der Waals surface area contributed by atoms with Crippen LogP contribution >= 0.6 is 0 Å². The zero-order chi connectivity index (χ0) is 30.6. The predicted molar refractivity (Wildman–Crippen MR) is 183 cm³/mol. The molecule has 2 aliphatic rings. The van der Waals surface area contributed by atoms with Crippen molar-refractivity contribution < 1.29 is 0 Å². The lowest BCUT2D eigenvalue weighted by Crippen LogP contribution is -2.23. The third kappa shape index (κ3) is 4.49. The Morgan fingerprint density at radius 2 is 0.667 bits per heavy atom. The molecule has 218 valence electrons. The molecule has 0 saturated heterocycles. The number of hydrogen-bond donors (Lipinski definition) is 0. The zero-order valence-corrected chi connectivity index (χ0v) is 28.2. The molecule has 0 nitrogen and oxygen atoms in total. The first-order valence-corrected chi connectivity index (χ1v) is 16.0. The summed E-state index contributed by atoms with van der Waals surface area (Å²) in [7, 11) is 0. The van der Waals surface area contributed by atoms with E-state index >= 15 is 0 Å². The van der Waals surface area contributed by atoms with Crippen LogP contribution in [0.5, 0.6) is 0 Å². The smallest absolute Gasteiger partial charge is 0.000707 e. The maximum absolute atomic E-state index is 2.61. The van der Waals surface area contributed by atoms with E-state index in [0.29, 0.717) is 0 Å². The van der Waals surface area contributed by atoms with E-state index in [-0.39, 0.29) is 21.7 Å². The normalized spacial score (nSPS) is 14.5. The lowest BCUT2D eigenvalue weighted by atomic mass is 9.68. The highest BCUT2D eigenvalue weighted by Gasteiger charge is 2.39. The molecule has 4 aromatic rings. The van der Waals surface area contributed by atoms with Crippen molar-refractivity contribution in [3.63, 3.8) is 0 Å². The fourth-order valence-corrected chi connectivity index (χ4v) is 7.60. The molecule has 0 radical (unpaired) electrons. The highest BCUT2D eigenvalue weighted by molar-refractivity contribution is 5.96. The summed E-state index contributed by atoms with van der Waals surface area (Å²) in [5.41, 5.74) is 20.9. The van der Waals surface area contributed by atoms with Gasteiger partial charge in [-0.3, -0.25) is 0 Å². The van der Waals surface area contributed by atoms with Gasteiger partial charge in [0.15, 0.2) is 0 Å². The molecule has 0 heteroatoms. The fraction of sp³-hybridized carbons (Fsp3) is 0.429. The van der Waals surface area contributed by atoms with Crippen LogP contribution in [0.15, 0.2) is 60.7 Å². The predicted octanol–water partition coefficient (Wildman–Crippen LogP) is 11.7. The van der Waals surface area contributed by atoms with Gasteiger partial charge in [0.1, 0.15) is 0 Å². The summed E-state index contributed by atoms with van der Waals surface area (Å²) in [6.45, 7) is 28.9. The Kier molecular flexibility index (Phi) is 6.34. The minimum absolute atomic E-state index is 0.00463. The second-order valence-electron chi connectivity index (χ2n) is 17.1. The monoisotopic (exact) mass is 554 g/mol. The van der Waals surface area contributed by atoms with Crippen molar-refractivity contribution in [2.45, 2.75) is 118 Å².